The number of carbonyl (C=O) groups is 1. The third-order valence-electron chi connectivity index (χ3n) is 4.55. The van der Waals surface area contributed by atoms with Crippen molar-refractivity contribution in [3.05, 3.63) is 47.5 Å². The summed E-state index contributed by atoms with van der Waals surface area (Å²) in [5.74, 6) is -0.248. The van der Waals surface area contributed by atoms with Gasteiger partial charge in [-0.15, -0.1) is 5.10 Å². The number of likely N-dealkylation sites (tertiary alicyclic amines) is 1. The van der Waals surface area contributed by atoms with Crippen molar-refractivity contribution in [2.24, 2.45) is 0 Å². The fourth-order valence-electron chi connectivity index (χ4n) is 3.29. The molecular formula is C16H17FN4O2. The SMILES string of the molecule is O=C(Cc1ccc(F)cc1)N1CC[C@@H]2OCc3cnnn3[C@@H]2C1. The van der Waals surface area contributed by atoms with Gasteiger partial charge in [0, 0.05) is 13.1 Å². The molecule has 120 valence electrons. The highest BCUT2D eigenvalue weighted by molar-refractivity contribution is 5.78. The summed E-state index contributed by atoms with van der Waals surface area (Å²) >= 11 is 0. The molecule has 1 fully saturated rings. The van der Waals surface area contributed by atoms with Crippen molar-refractivity contribution in [3.8, 4) is 0 Å². The zero-order valence-electron chi connectivity index (χ0n) is 12.6. The van der Waals surface area contributed by atoms with Crippen LogP contribution in [0.5, 0.6) is 0 Å². The third-order valence-corrected chi connectivity index (χ3v) is 4.55. The van der Waals surface area contributed by atoms with Crippen LogP contribution in [0.2, 0.25) is 0 Å². The third kappa shape index (κ3) is 2.72. The maximum absolute atomic E-state index is 12.9. The van der Waals surface area contributed by atoms with Gasteiger partial charge in [-0.05, 0) is 24.1 Å². The molecule has 2 aliphatic rings. The van der Waals surface area contributed by atoms with Gasteiger partial charge in [0.1, 0.15) is 5.82 Å². The second-order valence-corrected chi connectivity index (χ2v) is 6.02. The number of ether oxygens (including phenoxy) is 1. The summed E-state index contributed by atoms with van der Waals surface area (Å²) in [7, 11) is 0. The van der Waals surface area contributed by atoms with E-state index in [0.29, 0.717) is 19.7 Å². The minimum Gasteiger partial charge on any atom is -0.370 e. The molecule has 7 heteroatoms. The van der Waals surface area contributed by atoms with Gasteiger partial charge in [-0.25, -0.2) is 9.07 Å². The van der Waals surface area contributed by atoms with Gasteiger partial charge in [0.2, 0.25) is 5.91 Å². The summed E-state index contributed by atoms with van der Waals surface area (Å²) in [6, 6.07) is 6.09. The molecular weight excluding hydrogens is 299 g/mol. The first-order chi connectivity index (χ1) is 11.2. The largest absolute Gasteiger partial charge is 0.370 e. The van der Waals surface area contributed by atoms with Crippen LogP contribution in [0.25, 0.3) is 0 Å². The molecule has 3 heterocycles. The highest BCUT2D eigenvalue weighted by Crippen LogP contribution is 2.30. The number of hydrogen-bond acceptors (Lipinski definition) is 4. The van der Waals surface area contributed by atoms with Gasteiger partial charge < -0.3 is 9.64 Å². The summed E-state index contributed by atoms with van der Waals surface area (Å²) in [5.41, 5.74) is 1.76. The predicted molar refractivity (Wildman–Crippen MR) is 78.9 cm³/mol. The number of carbonyl (C=O) groups excluding carboxylic acids is 1. The van der Waals surface area contributed by atoms with Crippen molar-refractivity contribution in [1.82, 2.24) is 19.9 Å². The van der Waals surface area contributed by atoms with E-state index in [9.17, 15) is 9.18 Å². The normalized spacial score (nSPS) is 23.3. The highest BCUT2D eigenvalue weighted by Gasteiger charge is 2.37. The molecule has 1 saturated heterocycles. The second kappa shape index (κ2) is 5.73. The Morgan fingerprint density at radius 2 is 2.17 bits per heavy atom. The van der Waals surface area contributed by atoms with Gasteiger partial charge in [0.05, 0.1) is 37.1 Å². The molecule has 1 aromatic heterocycles. The van der Waals surface area contributed by atoms with Crippen LogP contribution in [0.3, 0.4) is 0 Å². The van der Waals surface area contributed by atoms with E-state index in [1.807, 2.05) is 9.58 Å². The Morgan fingerprint density at radius 1 is 1.35 bits per heavy atom. The average Bonchev–Trinajstić information content (AvgIpc) is 3.05. The molecule has 2 atom stereocenters. The number of aromatic nitrogens is 3. The summed E-state index contributed by atoms with van der Waals surface area (Å²) in [4.78, 5) is 14.4. The quantitative estimate of drug-likeness (QED) is 0.839. The van der Waals surface area contributed by atoms with Crippen LogP contribution in [0.15, 0.2) is 30.5 Å². The summed E-state index contributed by atoms with van der Waals surface area (Å²) < 4.78 is 20.7. The fraction of sp³-hybridized carbons (Fsp3) is 0.438. The minimum absolute atomic E-state index is 0.0205. The van der Waals surface area contributed by atoms with Gasteiger partial charge in [-0.3, -0.25) is 4.79 Å². The minimum atomic E-state index is -0.292. The second-order valence-electron chi connectivity index (χ2n) is 6.02. The van der Waals surface area contributed by atoms with Crippen molar-refractivity contribution < 1.29 is 13.9 Å². The van der Waals surface area contributed by atoms with E-state index < -0.39 is 0 Å². The van der Waals surface area contributed by atoms with Crippen LogP contribution in [-0.2, 0) is 22.6 Å². The first-order valence-corrected chi connectivity index (χ1v) is 7.73. The lowest BCUT2D eigenvalue weighted by molar-refractivity contribution is -0.137. The maximum atomic E-state index is 12.9. The van der Waals surface area contributed by atoms with E-state index in [-0.39, 0.29) is 30.3 Å². The maximum Gasteiger partial charge on any atom is 0.227 e. The van der Waals surface area contributed by atoms with Gasteiger partial charge in [0.25, 0.3) is 0 Å². The molecule has 0 saturated carbocycles. The molecule has 0 radical (unpaired) electrons. The molecule has 2 aromatic rings. The molecule has 1 aromatic carbocycles. The van der Waals surface area contributed by atoms with Gasteiger partial charge in [-0.2, -0.15) is 0 Å². The van der Waals surface area contributed by atoms with E-state index in [1.165, 1.54) is 12.1 Å². The summed E-state index contributed by atoms with van der Waals surface area (Å²) in [6.07, 6.45) is 2.86. The molecule has 2 aliphatic heterocycles. The van der Waals surface area contributed by atoms with Crippen LogP contribution in [0, 0.1) is 5.82 Å². The number of nitrogens with zero attached hydrogens (tertiary/aromatic N) is 4. The topological polar surface area (TPSA) is 60.3 Å². The van der Waals surface area contributed by atoms with Crippen LogP contribution in [0.1, 0.15) is 23.7 Å². The predicted octanol–water partition coefficient (Wildman–Crippen LogP) is 1.33. The van der Waals surface area contributed by atoms with Crippen molar-refractivity contribution in [3.63, 3.8) is 0 Å². The molecule has 0 N–H and O–H groups in total. The van der Waals surface area contributed by atoms with Crippen molar-refractivity contribution in [2.75, 3.05) is 13.1 Å². The molecule has 0 bridgehead atoms. The lowest BCUT2D eigenvalue weighted by atomic mass is 9.99. The van der Waals surface area contributed by atoms with E-state index in [2.05, 4.69) is 10.3 Å². The number of piperidine rings is 1. The smallest absolute Gasteiger partial charge is 0.227 e. The molecule has 1 amide bonds. The number of fused-ring (bicyclic) bond motifs is 3. The Bertz CT molecular complexity index is 715. The Hall–Kier alpha value is -2.28. The Kier molecular flexibility index (Phi) is 3.57. The standard InChI is InChI=1S/C16H17FN4O2/c17-12-3-1-11(2-4-12)7-16(22)20-6-5-15-14(9-20)21-13(10-23-15)8-18-19-21/h1-4,8,14-15H,5-7,9-10H2/t14-,15+/m1/s1. The number of amides is 1. The molecule has 0 aliphatic carbocycles. The summed E-state index contributed by atoms with van der Waals surface area (Å²) in [6.45, 7) is 1.77. The molecule has 0 spiro atoms. The lowest BCUT2D eigenvalue weighted by Gasteiger charge is -2.41. The summed E-state index contributed by atoms with van der Waals surface area (Å²) in [5, 5.41) is 8.07. The van der Waals surface area contributed by atoms with E-state index in [0.717, 1.165) is 17.7 Å². The fourth-order valence-corrected chi connectivity index (χ4v) is 3.29. The monoisotopic (exact) mass is 316 g/mol. The highest BCUT2D eigenvalue weighted by atomic mass is 19.1. The molecule has 4 rings (SSSR count). The zero-order chi connectivity index (χ0) is 15.8. The van der Waals surface area contributed by atoms with Crippen molar-refractivity contribution in [2.45, 2.75) is 31.6 Å². The van der Waals surface area contributed by atoms with E-state index in [4.69, 9.17) is 4.74 Å². The molecule has 0 unspecified atom stereocenters. The van der Waals surface area contributed by atoms with Crippen LogP contribution in [-0.4, -0.2) is 45.0 Å². The Labute approximate surface area is 132 Å². The van der Waals surface area contributed by atoms with Crippen LogP contribution < -0.4 is 0 Å². The van der Waals surface area contributed by atoms with E-state index in [1.54, 1.807) is 18.3 Å². The van der Waals surface area contributed by atoms with Crippen molar-refractivity contribution in [1.29, 1.82) is 0 Å². The number of halogens is 1. The first-order valence-electron chi connectivity index (χ1n) is 7.73. The average molecular weight is 316 g/mol. The Balaban J connectivity index is 1.47. The van der Waals surface area contributed by atoms with E-state index >= 15 is 0 Å². The van der Waals surface area contributed by atoms with Crippen LogP contribution in [0.4, 0.5) is 4.39 Å². The Morgan fingerprint density at radius 3 is 3.00 bits per heavy atom. The van der Waals surface area contributed by atoms with Crippen molar-refractivity contribution >= 4 is 5.91 Å². The molecule has 23 heavy (non-hydrogen) atoms. The molecule has 6 nitrogen and oxygen atoms in total. The van der Waals surface area contributed by atoms with Crippen LogP contribution >= 0.6 is 0 Å². The number of rotatable bonds is 2. The number of hydrogen-bond donors (Lipinski definition) is 0. The number of benzene rings is 1. The first kappa shape index (κ1) is 14.3. The lowest BCUT2D eigenvalue weighted by Crippen LogP contribution is -2.50. The van der Waals surface area contributed by atoms with Gasteiger partial charge in [0.15, 0.2) is 0 Å². The van der Waals surface area contributed by atoms with Gasteiger partial charge in [-0.1, -0.05) is 17.3 Å². The van der Waals surface area contributed by atoms with Gasteiger partial charge >= 0.3 is 0 Å². The zero-order valence-corrected chi connectivity index (χ0v) is 12.6.